The highest BCUT2D eigenvalue weighted by Crippen LogP contribution is 2.19. The number of amides is 1. The van der Waals surface area contributed by atoms with Crippen LogP contribution >= 0.6 is 0 Å². The zero-order chi connectivity index (χ0) is 17.1. The average Bonchev–Trinajstić information content (AvgIpc) is 3.06. The number of carbonyl (C=O) groups is 1. The second-order valence-electron chi connectivity index (χ2n) is 5.71. The summed E-state index contributed by atoms with van der Waals surface area (Å²) in [6.07, 6.45) is 1.57. The van der Waals surface area contributed by atoms with Crippen molar-refractivity contribution in [3.8, 4) is 0 Å². The van der Waals surface area contributed by atoms with Gasteiger partial charge in [-0.3, -0.25) is 4.79 Å². The summed E-state index contributed by atoms with van der Waals surface area (Å²) < 4.78 is 10.6. The first-order valence-corrected chi connectivity index (χ1v) is 8.07. The second-order valence-corrected chi connectivity index (χ2v) is 5.71. The lowest BCUT2D eigenvalue weighted by molar-refractivity contribution is -0.115. The normalized spacial score (nSPS) is 14.6. The van der Waals surface area contributed by atoms with Crippen LogP contribution in [0.15, 0.2) is 41.2 Å². The van der Waals surface area contributed by atoms with Gasteiger partial charge in [0.15, 0.2) is 5.58 Å². The Morgan fingerprint density at radius 1 is 1.20 bits per heavy atom. The molecule has 1 N–H and O–H groups in total. The van der Waals surface area contributed by atoms with E-state index in [1.807, 2.05) is 24.3 Å². The Balaban J connectivity index is 1.45. The number of nitrogens with zero attached hydrogens (tertiary/aromatic N) is 4. The quantitative estimate of drug-likeness (QED) is 0.772. The van der Waals surface area contributed by atoms with E-state index >= 15 is 0 Å². The van der Waals surface area contributed by atoms with Crippen LogP contribution in [0.5, 0.6) is 0 Å². The molecule has 8 heteroatoms. The lowest BCUT2D eigenvalue weighted by atomic mass is 10.1. The first-order valence-electron chi connectivity index (χ1n) is 8.07. The first-order chi connectivity index (χ1) is 12.3. The Labute approximate surface area is 143 Å². The van der Waals surface area contributed by atoms with Crippen LogP contribution in [0.3, 0.4) is 0 Å². The van der Waals surface area contributed by atoms with Gasteiger partial charge in [-0.25, -0.2) is 9.97 Å². The minimum absolute atomic E-state index is 0.119. The summed E-state index contributed by atoms with van der Waals surface area (Å²) >= 11 is 0. The Morgan fingerprint density at radius 3 is 2.92 bits per heavy atom. The van der Waals surface area contributed by atoms with Gasteiger partial charge in [-0.1, -0.05) is 17.3 Å². The largest absolute Gasteiger partial charge is 0.378 e. The van der Waals surface area contributed by atoms with Crippen LogP contribution in [0.2, 0.25) is 0 Å². The molecule has 1 aromatic carbocycles. The third-order valence-corrected chi connectivity index (χ3v) is 4.04. The molecule has 0 radical (unpaired) electrons. The molecule has 0 unspecified atom stereocenters. The van der Waals surface area contributed by atoms with E-state index in [4.69, 9.17) is 9.26 Å². The van der Waals surface area contributed by atoms with E-state index in [0.717, 1.165) is 24.3 Å². The van der Waals surface area contributed by atoms with Gasteiger partial charge in [0.1, 0.15) is 23.7 Å². The van der Waals surface area contributed by atoms with Crippen LogP contribution in [0.25, 0.3) is 11.0 Å². The molecule has 0 saturated carbocycles. The summed E-state index contributed by atoms with van der Waals surface area (Å²) in [7, 11) is 0. The Morgan fingerprint density at radius 2 is 2.04 bits per heavy atom. The number of fused-ring (bicyclic) bond motifs is 1. The Kier molecular flexibility index (Phi) is 4.26. The fraction of sp³-hybridized carbons (Fsp3) is 0.294. The van der Waals surface area contributed by atoms with Crippen molar-refractivity contribution in [2.45, 2.75) is 6.42 Å². The number of aromatic nitrogens is 3. The van der Waals surface area contributed by atoms with Crippen molar-refractivity contribution in [3.05, 3.63) is 42.4 Å². The van der Waals surface area contributed by atoms with Gasteiger partial charge < -0.3 is 19.5 Å². The standard InChI is InChI=1S/C17H17N5O3/c23-17(9-13-12-3-1-2-4-14(12)25-21-13)20-15-10-16(19-11-18-15)22-5-7-24-8-6-22/h1-4,10-11H,5-9H2,(H,18,19,20,23). The minimum Gasteiger partial charge on any atom is -0.378 e. The molecule has 1 aliphatic heterocycles. The molecule has 1 amide bonds. The maximum atomic E-state index is 12.3. The number of para-hydroxylation sites is 1. The van der Waals surface area contributed by atoms with Crippen molar-refractivity contribution in [1.29, 1.82) is 0 Å². The summed E-state index contributed by atoms with van der Waals surface area (Å²) in [4.78, 5) is 22.8. The van der Waals surface area contributed by atoms with Crippen molar-refractivity contribution < 1.29 is 14.1 Å². The third kappa shape index (κ3) is 3.43. The predicted molar refractivity (Wildman–Crippen MR) is 91.4 cm³/mol. The van der Waals surface area contributed by atoms with Crippen LogP contribution in [0.4, 0.5) is 11.6 Å². The monoisotopic (exact) mass is 339 g/mol. The fourth-order valence-electron chi connectivity index (χ4n) is 2.79. The molecular formula is C17H17N5O3. The third-order valence-electron chi connectivity index (χ3n) is 4.04. The van der Waals surface area contributed by atoms with E-state index in [0.29, 0.717) is 30.3 Å². The number of nitrogens with one attached hydrogen (secondary N) is 1. The predicted octanol–water partition coefficient (Wildman–Crippen LogP) is 1.64. The van der Waals surface area contributed by atoms with Crippen LogP contribution < -0.4 is 10.2 Å². The highest BCUT2D eigenvalue weighted by molar-refractivity contribution is 5.94. The number of morpholine rings is 1. The molecule has 4 rings (SSSR count). The summed E-state index contributed by atoms with van der Waals surface area (Å²) in [5.41, 5.74) is 1.28. The van der Waals surface area contributed by atoms with E-state index < -0.39 is 0 Å². The number of hydrogen-bond acceptors (Lipinski definition) is 7. The van der Waals surface area contributed by atoms with Crippen LogP contribution in [-0.4, -0.2) is 47.3 Å². The number of benzene rings is 1. The number of hydrogen-bond donors (Lipinski definition) is 1. The minimum atomic E-state index is -0.203. The molecule has 0 aliphatic carbocycles. The molecule has 1 fully saturated rings. The van der Waals surface area contributed by atoms with Gasteiger partial charge in [0.25, 0.3) is 0 Å². The van der Waals surface area contributed by atoms with E-state index in [1.54, 1.807) is 6.07 Å². The topological polar surface area (TPSA) is 93.4 Å². The van der Waals surface area contributed by atoms with Crippen molar-refractivity contribution in [2.24, 2.45) is 0 Å². The lowest BCUT2D eigenvalue weighted by Crippen LogP contribution is -2.36. The van der Waals surface area contributed by atoms with Gasteiger partial charge in [-0.15, -0.1) is 0 Å². The average molecular weight is 339 g/mol. The van der Waals surface area contributed by atoms with Crippen LogP contribution in [-0.2, 0) is 16.0 Å². The maximum Gasteiger partial charge on any atom is 0.231 e. The molecule has 0 spiro atoms. The summed E-state index contributed by atoms with van der Waals surface area (Å²) in [5, 5.41) is 7.61. The molecule has 3 heterocycles. The molecule has 1 saturated heterocycles. The van der Waals surface area contributed by atoms with Crippen molar-refractivity contribution in [2.75, 3.05) is 36.5 Å². The molecule has 3 aromatic rings. The van der Waals surface area contributed by atoms with E-state index in [9.17, 15) is 4.79 Å². The molecule has 8 nitrogen and oxygen atoms in total. The van der Waals surface area contributed by atoms with Crippen molar-refractivity contribution >= 4 is 28.5 Å². The Bertz CT molecular complexity index is 889. The SMILES string of the molecule is O=C(Cc1noc2ccccc12)Nc1cc(N2CCOCC2)ncn1. The number of ether oxygens (including phenoxy) is 1. The van der Waals surface area contributed by atoms with Gasteiger partial charge in [-0.2, -0.15) is 0 Å². The van der Waals surface area contributed by atoms with Gasteiger partial charge in [-0.05, 0) is 12.1 Å². The fourth-order valence-corrected chi connectivity index (χ4v) is 2.79. The maximum absolute atomic E-state index is 12.3. The molecule has 0 bridgehead atoms. The Hall–Kier alpha value is -3.00. The molecule has 128 valence electrons. The first kappa shape index (κ1) is 15.5. The zero-order valence-corrected chi connectivity index (χ0v) is 13.5. The molecule has 1 aliphatic rings. The van der Waals surface area contributed by atoms with Gasteiger partial charge in [0.05, 0.1) is 19.6 Å². The van der Waals surface area contributed by atoms with Gasteiger partial charge in [0.2, 0.25) is 5.91 Å². The summed E-state index contributed by atoms with van der Waals surface area (Å²) in [6.45, 7) is 2.89. The zero-order valence-electron chi connectivity index (χ0n) is 13.5. The lowest BCUT2D eigenvalue weighted by Gasteiger charge is -2.27. The van der Waals surface area contributed by atoms with Crippen LogP contribution in [0.1, 0.15) is 5.69 Å². The van der Waals surface area contributed by atoms with E-state index in [1.165, 1.54) is 6.33 Å². The van der Waals surface area contributed by atoms with Gasteiger partial charge >= 0.3 is 0 Å². The highest BCUT2D eigenvalue weighted by atomic mass is 16.5. The second kappa shape index (κ2) is 6.86. The van der Waals surface area contributed by atoms with Crippen molar-refractivity contribution in [1.82, 2.24) is 15.1 Å². The van der Waals surface area contributed by atoms with E-state index in [2.05, 4.69) is 25.3 Å². The number of anilines is 2. The molecular weight excluding hydrogens is 322 g/mol. The van der Waals surface area contributed by atoms with Crippen LogP contribution in [0, 0.1) is 0 Å². The summed E-state index contributed by atoms with van der Waals surface area (Å²) in [6, 6.07) is 9.23. The van der Waals surface area contributed by atoms with E-state index in [-0.39, 0.29) is 12.3 Å². The van der Waals surface area contributed by atoms with Gasteiger partial charge in [0, 0.05) is 24.5 Å². The number of rotatable bonds is 4. The smallest absolute Gasteiger partial charge is 0.231 e. The molecule has 0 atom stereocenters. The molecule has 25 heavy (non-hydrogen) atoms. The number of carbonyl (C=O) groups excluding carboxylic acids is 1. The summed E-state index contributed by atoms with van der Waals surface area (Å²) in [5.74, 6) is 1.04. The molecule has 2 aromatic heterocycles. The highest BCUT2D eigenvalue weighted by Gasteiger charge is 2.15. The van der Waals surface area contributed by atoms with Crippen molar-refractivity contribution in [3.63, 3.8) is 0 Å².